The Morgan fingerprint density at radius 1 is 1.06 bits per heavy atom. The van der Waals surface area contributed by atoms with Crippen molar-refractivity contribution < 1.29 is 12.6 Å². The van der Waals surface area contributed by atoms with Crippen LogP contribution in [0.15, 0.2) is 0 Å². The third-order valence-electron chi connectivity index (χ3n) is 3.41. The summed E-state index contributed by atoms with van der Waals surface area (Å²) in [6, 6.07) is 0. The smallest absolute Gasteiger partial charge is 0.215 e. The summed E-state index contributed by atoms with van der Waals surface area (Å²) in [5, 5.41) is 3.24. The second kappa shape index (κ2) is 6.42. The molecule has 0 amide bonds. The van der Waals surface area contributed by atoms with Crippen LogP contribution in [-0.4, -0.2) is 84.9 Å². The van der Waals surface area contributed by atoms with Crippen LogP contribution in [0.1, 0.15) is 0 Å². The summed E-state index contributed by atoms with van der Waals surface area (Å²) in [6.07, 6.45) is 0. The predicted molar refractivity (Wildman–Crippen MR) is 72.5 cm³/mol. The van der Waals surface area contributed by atoms with E-state index in [1.54, 1.807) is 0 Å². The van der Waals surface area contributed by atoms with Gasteiger partial charge in [0.2, 0.25) is 10.0 Å². The van der Waals surface area contributed by atoms with Gasteiger partial charge in [-0.15, -0.1) is 0 Å². The summed E-state index contributed by atoms with van der Waals surface area (Å²) < 4.78 is 37.0. The van der Waals surface area contributed by atoms with E-state index in [1.807, 2.05) is 0 Å². The standard InChI is InChI=1S/C10H21N3O3S2/c14-17-8-5-13(6-9-17)18(15,16)10-7-12-3-1-11-2-4-12/h11H,1-10H2. The molecule has 2 rings (SSSR count). The summed E-state index contributed by atoms with van der Waals surface area (Å²) in [6.45, 7) is 5.13. The van der Waals surface area contributed by atoms with E-state index in [-0.39, 0.29) is 5.75 Å². The molecule has 0 spiro atoms. The van der Waals surface area contributed by atoms with E-state index >= 15 is 0 Å². The van der Waals surface area contributed by atoms with Crippen molar-refractivity contribution in [3.05, 3.63) is 0 Å². The Morgan fingerprint density at radius 3 is 2.28 bits per heavy atom. The molecule has 2 fully saturated rings. The number of piperazine rings is 1. The Morgan fingerprint density at radius 2 is 1.67 bits per heavy atom. The first-order chi connectivity index (χ1) is 8.58. The van der Waals surface area contributed by atoms with Gasteiger partial charge in [-0.05, 0) is 0 Å². The number of hydrogen-bond donors (Lipinski definition) is 1. The Bertz CT molecular complexity index is 383. The van der Waals surface area contributed by atoms with Crippen molar-refractivity contribution in [2.45, 2.75) is 0 Å². The van der Waals surface area contributed by atoms with Gasteiger partial charge in [0.25, 0.3) is 0 Å². The number of hydrogen-bond acceptors (Lipinski definition) is 5. The third kappa shape index (κ3) is 3.99. The molecule has 0 aliphatic carbocycles. The molecule has 2 heterocycles. The largest absolute Gasteiger partial charge is 0.314 e. The Kier molecular flexibility index (Phi) is 5.14. The zero-order valence-corrected chi connectivity index (χ0v) is 12.1. The molecule has 0 aromatic carbocycles. The van der Waals surface area contributed by atoms with E-state index in [1.165, 1.54) is 4.31 Å². The molecule has 0 radical (unpaired) electrons. The minimum absolute atomic E-state index is 0.180. The van der Waals surface area contributed by atoms with Gasteiger partial charge in [0.1, 0.15) is 0 Å². The molecule has 0 atom stereocenters. The highest BCUT2D eigenvalue weighted by atomic mass is 32.2. The first kappa shape index (κ1) is 14.4. The van der Waals surface area contributed by atoms with Crippen LogP contribution < -0.4 is 5.32 Å². The minimum Gasteiger partial charge on any atom is -0.314 e. The molecular formula is C10H21N3O3S2. The minimum atomic E-state index is -3.17. The molecule has 18 heavy (non-hydrogen) atoms. The second-order valence-corrected chi connectivity index (χ2v) is 8.44. The first-order valence-electron chi connectivity index (χ1n) is 6.34. The van der Waals surface area contributed by atoms with Gasteiger partial charge in [0.05, 0.1) is 5.75 Å². The van der Waals surface area contributed by atoms with Crippen LogP contribution in [0.4, 0.5) is 0 Å². The highest BCUT2D eigenvalue weighted by molar-refractivity contribution is 7.89. The summed E-state index contributed by atoms with van der Waals surface area (Å²) in [5.74, 6) is 1.14. The molecule has 0 saturated carbocycles. The number of nitrogens with zero attached hydrogens (tertiary/aromatic N) is 2. The van der Waals surface area contributed by atoms with Gasteiger partial charge in [-0.25, -0.2) is 12.7 Å². The molecule has 2 saturated heterocycles. The van der Waals surface area contributed by atoms with Crippen LogP contribution in [0, 0.1) is 0 Å². The SMILES string of the molecule is O=S1CCN(S(=O)(=O)CCN2CCNCC2)CC1. The average Bonchev–Trinajstić information content (AvgIpc) is 2.38. The highest BCUT2D eigenvalue weighted by Crippen LogP contribution is 2.08. The summed E-state index contributed by atoms with van der Waals surface area (Å²) in [4.78, 5) is 2.18. The summed E-state index contributed by atoms with van der Waals surface area (Å²) >= 11 is 0. The van der Waals surface area contributed by atoms with Crippen LogP contribution in [0.2, 0.25) is 0 Å². The molecule has 0 aromatic heterocycles. The molecule has 0 bridgehead atoms. The maximum absolute atomic E-state index is 12.1. The lowest BCUT2D eigenvalue weighted by Gasteiger charge is -2.29. The van der Waals surface area contributed by atoms with Crippen molar-refractivity contribution in [1.29, 1.82) is 0 Å². The van der Waals surface area contributed by atoms with Gasteiger partial charge in [-0.2, -0.15) is 0 Å². The van der Waals surface area contributed by atoms with E-state index in [0.29, 0.717) is 31.1 Å². The fourth-order valence-electron chi connectivity index (χ4n) is 2.21. The van der Waals surface area contributed by atoms with Crippen molar-refractivity contribution in [3.8, 4) is 0 Å². The topological polar surface area (TPSA) is 69.7 Å². The van der Waals surface area contributed by atoms with Crippen LogP contribution in [0.25, 0.3) is 0 Å². The van der Waals surface area contributed by atoms with Gasteiger partial charge < -0.3 is 5.32 Å². The van der Waals surface area contributed by atoms with Gasteiger partial charge in [0, 0.05) is 68.1 Å². The normalized spacial score (nSPS) is 25.3. The summed E-state index contributed by atoms with van der Waals surface area (Å²) in [5.41, 5.74) is 0. The molecule has 2 aliphatic heterocycles. The Labute approximate surface area is 111 Å². The van der Waals surface area contributed by atoms with Gasteiger partial charge in [-0.1, -0.05) is 0 Å². The Balaban J connectivity index is 1.81. The van der Waals surface area contributed by atoms with Crippen molar-refractivity contribution in [3.63, 3.8) is 0 Å². The molecule has 0 aromatic rings. The lowest BCUT2D eigenvalue weighted by atomic mass is 10.4. The molecular weight excluding hydrogens is 274 g/mol. The van der Waals surface area contributed by atoms with E-state index in [2.05, 4.69) is 10.2 Å². The zero-order chi connectivity index (χ0) is 13.0. The molecule has 6 nitrogen and oxygen atoms in total. The van der Waals surface area contributed by atoms with Crippen LogP contribution in [0.5, 0.6) is 0 Å². The quantitative estimate of drug-likeness (QED) is 0.668. The lowest BCUT2D eigenvalue weighted by Crippen LogP contribution is -2.48. The second-order valence-electron chi connectivity index (χ2n) is 4.65. The molecule has 8 heteroatoms. The van der Waals surface area contributed by atoms with Crippen LogP contribution in [-0.2, 0) is 20.8 Å². The highest BCUT2D eigenvalue weighted by Gasteiger charge is 2.26. The lowest BCUT2D eigenvalue weighted by molar-refractivity contribution is 0.252. The van der Waals surface area contributed by atoms with Gasteiger partial charge in [-0.3, -0.25) is 9.11 Å². The van der Waals surface area contributed by atoms with E-state index in [0.717, 1.165) is 26.2 Å². The van der Waals surface area contributed by atoms with Crippen molar-refractivity contribution in [2.75, 3.05) is 63.1 Å². The van der Waals surface area contributed by atoms with Crippen LogP contribution in [0.3, 0.4) is 0 Å². The maximum atomic E-state index is 12.1. The fourth-order valence-corrected chi connectivity index (χ4v) is 4.98. The van der Waals surface area contributed by atoms with Crippen LogP contribution >= 0.6 is 0 Å². The van der Waals surface area contributed by atoms with Crippen molar-refractivity contribution in [1.82, 2.24) is 14.5 Å². The van der Waals surface area contributed by atoms with Crippen molar-refractivity contribution >= 4 is 20.8 Å². The molecule has 0 unspecified atom stereocenters. The van der Waals surface area contributed by atoms with Gasteiger partial charge >= 0.3 is 0 Å². The van der Waals surface area contributed by atoms with E-state index < -0.39 is 20.8 Å². The van der Waals surface area contributed by atoms with Gasteiger partial charge in [0.15, 0.2) is 0 Å². The summed E-state index contributed by atoms with van der Waals surface area (Å²) in [7, 11) is -4.00. The molecule has 2 aliphatic rings. The average molecular weight is 295 g/mol. The number of rotatable bonds is 4. The fraction of sp³-hybridized carbons (Fsp3) is 1.00. The number of sulfonamides is 1. The molecule has 106 valence electrons. The third-order valence-corrected chi connectivity index (χ3v) is 6.53. The first-order valence-corrected chi connectivity index (χ1v) is 9.43. The predicted octanol–water partition coefficient (Wildman–Crippen LogP) is -1.71. The molecule has 1 N–H and O–H groups in total. The van der Waals surface area contributed by atoms with E-state index in [9.17, 15) is 12.6 Å². The monoisotopic (exact) mass is 295 g/mol. The van der Waals surface area contributed by atoms with Crippen molar-refractivity contribution in [2.24, 2.45) is 0 Å². The zero-order valence-electron chi connectivity index (χ0n) is 10.5. The number of nitrogens with one attached hydrogen (secondary N) is 1. The van der Waals surface area contributed by atoms with E-state index in [4.69, 9.17) is 0 Å². The maximum Gasteiger partial charge on any atom is 0.215 e. The Hall–Kier alpha value is -0.0200.